The number of amides is 1. The van der Waals surface area contributed by atoms with Gasteiger partial charge in [-0.1, -0.05) is 23.7 Å². The number of ether oxygens (including phenoxy) is 1. The number of rotatable bonds is 4. The zero-order valence-electron chi connectivity index (χ0n) is 16.0. The fraction of sp³-hybridized carbons (Fsp3) is 0.350. The van der Waals surface area contributed by atoms with E-state index in [4.69, 9.17) is 16.3 Å². The van der Waals surface area contributed by atoms with Crippen molar-refractivity contribution in [1.29, 1.82) is 0 Å². The Morgan fingerprint density at radius 3 is 2.46 bits per heavy atom. The molecular weight excluding hydrogens is 400 g/mol. The Balaban J connectivity index is 1.85. The predicted octanol–water partition coefficient (Wildman–Crippen LogP) is 3.70. The molecule has 2 aromatic rings. The number of nitrogens with zero attached hydrogens (tertiary/aromatic N) is 1. The van der Waals surface area contributed by atoms with E-state index in [9.17, 15) is 13.2 Å². The van der Waals surface area contributed by atoms with Crippen molar-refractivity contribution in [3.05, 3.63) is 58.6 Å². The lowest BCUT2D eigenvalue weighted by molar-refractivity contribution is -0.0440. The van der Waals surface area contributed by atoms with Crippen LogP contribution in [0.3, 0.4) is 0 Å². The molecule has 1 heterocycles. The molecule has 28 heavy (non-hydrogen) atoms. The van der Waals surface area contributed by atoms with Crippen LogP contribution < -0.4 is 5.32 Å². The minimum atomic E-state index is -3.72. The van der Waals surface area contributed by atoms with E-state index >= 15 is 0 Å². The highest BCUT2D eigenvalue weighted by molar-refractivity contribution is 7.89. The lowest BCUT2D eigenvalue weighted by Gasteiger charge is -2.34. The summed E-state index contributed by atoms with van der Waals surface area (Å²) in [6.07, 6.45) is -0.369. The topological polar surface area (TPSA) is 75.7 Å². The summed E-state index contributed by atoms with van der Waals surface area (Å²) in [6, 6.07) is 11.3. The molecule has 0 aromatic heterocycles. The van der Waals surface area contributed by atoms with Gasteiger partial charge >= 0.3 is 0 Å². The fourth-order valence-electron chi connectivity index (χ4n) is 3.21. The van der Waals surface area contributed by atoms with Gasteiger partial charge in [0.2, 0.25) is 10.0 Å². The fourth-order valence-corrected chi connectivity index (χ4v) is 5.02. The van der Waals surface area contributed by atoms with Gasteiger partial charge in [-0.05, 0) is 56.7 Å². The predicted molar refractivity (Wildman–Crippen MR) is 109 cm³/mol. The maximum Gasteiger partial charge on any atom is 0.255 e. The molecule has 3 rings (SSSR count). The largest absolute Gasteiger partial charge is 0.373 e. The number of hydrogen-bond acceptors (Lipinski definition) is 4. The van der Waals surface area contributed by atoms with Gasteiger partial charge in [-0.15, -0.1) is 0 Å². The van der Waals surface area contributed by atoms with Crippen LogP contribution >= 0.6 is 11.6 Å². The second-order valence-corrected chi connectivity index (χ2v) is 9.32. The molecule has 1 aliphatic heterocycles. The molecule has 0 aliphatic carbocycles. The smallest absolute Gasteiger partial charge is 0.255 e. The van der Waals surface area contributed by atoms with Crippen LogP contribution in [0.4, 0.5) is 5.69 Å². The average molecular weight is 423 g/mol. The van der Waals surface area contributed by atoms with Crippen LogP contribution in [0.5, 0.6) is 0 Å². The number of sulfonamides is 1. The van der Waals surface area contributed by atoms with Gasteiger partial charge in [-0.2, -0.15) is 4.31 Å². The molecule has 1 amide bonds. The number of morpholine rings is 1. The quantitative estimate of drug-likeness (QED) is 0.815. The average Bonchev–Trinajstić information content (AvgIpc) is 2.64. The van der Waals surface area contributed by atoms with Gasteiger partial charge in [0.1, 0.15) is 0 Å². The SMILES string of the molecule is Cc1c(Cl)cccc1NC(=O)c1cccc(S(=O)(=O)N2C[C@H](C)O[C@@H](C)C2)c1. The van der Waals surface area contributed by atoms with Crippen LogP contribution in [0.2, 0.25) is 5.02 Å². The van der Waals surface area contributed by atoms with Gasteiger partial charge in [-0.3, -0.25) is 4.79 Å². The van der Waals surface area contributed by atoms with Crippen molar-refractivity contribution < 1.29 is 17.9 Å². The third-order valence-electron chi connectivity index (χ3n) is 4.64. The Labute approximate surface area is 170 Å². The van der Waals surface area contributed by atoms with Crippen LogP contribution in [0.25, 0.3) is 0 Å². The summed E-state index contributed by atoms with van der Waals surface area (Å²) >= 11 is 6.09. The summed E-state index contributed by atoms with van der Waals surface area (Å²) in [6.45, 7) is 6.06. The van der Waals surface area contributed by atoms with E-state index in [2.05, 4.69) is 5.32 Å². The highest BCUT2D eigenvalue weighted by atomic mass is 35.5. The van der Waals surface area contributed by atoms with Crippen LogP contribution in [-0.4, -0.2) is 43.9 Å². The van der Waals surface area contributed by atoms with Gasteiger partial charge in [0.05, 0.1) is 17.1 Å². The Morgan fingerprint density at radius 2 is 1.79 bits per heavy atom. The van der Waals surface area contributed by atoms with Crippen molar-refractivity contribution in [2.75, 3.05) is 18.4 Å². The number of hydrogen-bond donors (Lipinski definition) is 1. The van der Waals surface area contributed by atoms with E-state index < -0.39 is 15.9 Å². The number of benzene rings is 2. The summed E-state index contributed by atoms with van der Waals surface area (Å²) in [5.41, 5.74) is 1.59. The van der Waals surface area contributed by atoms with Gasteiger partial charge in [-0.25, -0.2) is 8.42 Å². The molecule has 1 saturated heterocycles. The van der Waals surface area contributed by atoms with Gasteiger partial charge in [0.25, 0.3) is 5.91 Å². The standard InChI is InChI=1S/C20H23ClN2O4S/c1-13-11-23(12-14(2)27-13)28(25,26)17-7-4-6-16(10-17)20(24)22-19-9-5-8-18(21)15(19)3/h4-10,13-14H,11-12H2,1-3H3,(H,22,24)/t13-,14-/m0/s1. The first kappa shape index (κ1) is 20.8. The van der Waals surface area contributed by atoms with Crippen LogP contribution in [-0.2, 0) is 14.8 Å². The van der Waals surface area contributed by atoms with Crippen molar-refractivity contribution in [3.63, 3.8) is 0 Å². The molecule has 2 aromatic carbocycles. The second kappa shape index (κ2) is 8.21. The third kappa shape index (κ3) is 4.38. The number of carbonyl (C=O) groups is 1. The summed E-state index contributed by atoms with van der Waals surface area (Å²) in [5, 5.41) is 3.33. The van der Waals surface area contributed by atoms with Crippen LogP contribution in [0.15, 0.2) is 47.4 Å². The van der Waals surface area contributed by atoms with Crippen molar-refractivity contribution >= 4 is 33.2 Å². The van der Waals surface area contributed by atoms with Gasteiger partial charge in [0.15, 0.2) is 0 Å². The van der Waals surface area contributed by atoms with E-state index in [1.165, 1.54) is 16.4 Å². The number of nitrogens with one attached hydrogen (secondary N) is 1. The number of anilines is 1. The number of halogens is 1. The van der Waals surface area contributed by atoms with Crippen LogP contribution in [0, 0.1) is 6.92 Å². The molecule has 1 aliphatic rings. The van der Waals surface area contributed by atoms with Gasteiger partial charge in [0, 0.05) is 29.4 Å². The van der Waals surface area contributed by atoms with Crippen molar-refractivity contribution in [3.8, 4) is 0 Å². The molecule has 0 bridgehead atoms. The first-order valence-corrected chi connectivity index (χ1v) is 10.8. The lowest BCUT2D eigenvalue weighted by Crippen LogP contribution is -2.48. The minimum absolute atomic E-state index is 0.0873. The molecular formula is C20H23ClN2O4S. The minimum Gasteiger partial charge on any atom is -0.373 e. The normalized spacial score (nSPS) is 20.7. The molecule has 150 valence electrons. The Morgan fingerprint density at radius 1 is 1.14 bits per heavy atom. The Hall–Kier alpha value is -1.93. The number of carbonyl (C=O) groups excluding carboxylic acids is 1. The monoisotopic (exact) mass is 422 g/mol. The second-order valence-electron chi connectivity index (χ2n) is 6.97. The molecule has 0 unspecified atom stereocenters. The summed E-state index contributed by atoms with van der Waals surface area (Å²) < 4.78 is 33.1. The molecule has 0 saturated carbocycles. The van der Waals surface area contributed by atoms with Gasteiger partial charge < -0.3 is 10.1 Å². The van der Waals surface area contributed by atoms with E-state index in [0.717, 1.165) is 5.56 Å². The molecule has 0 radical (unpaired) electrons. The Bertz CT molecular complexity index is 983. The van der Waals surface area contributed by atoms with E-state index in [0.29, 0.717) is 10.7 Å². The van der Waals surface area contributed by atoms with Crippen molar-refractivity contribution in [1.82, 2.24) is 4.31 Å². The summed E-state index contributed by atoms with van der Waals surface area (Å²) in [5.74, 6) is -0.397. The first-order chi connectivity index (χ1) is 13.2. The Kier molecular flexibility index (Phi) is 6.09. The first-order valence-electron chi connectivity index (χ1n) is 9.00. The highest BCUT2D eigenvalue weighted by Crippen LogP contribution is 2.25. The third-order valence-corrected chi connectivity index (χ3v) is 6.87. The van der Waals surface area contributed by atoms with Crippen LogP contribution in [0.1, 0.15) is 29.8 Å². The highest BCUT2D eigenvalue weighted by Gasteiger charge is 2.32. The molecule has 1 N–H and O–H groups in total. The molecule has 1 fully saturated rings. The lowest BCUT2D eigenvalue weighted by atomic mass is 10.1. The maximum atomic E-state index is 13.0. The molecule has 6 nitrogen and oxygen atoms in total. The van der Waals surface area contributed by atoms with E-state index in [1.54, 1.807) is 37.3 Å². The molecule has 8 heteroatoms. The van der Waals surface area contributed by atoms with E-state index in [1.807, 2.05) is 13.8 Å². The zero-order chi connectivity index (χ0) is 20.5. The van der Waals surface area contributed by atoms with Crippen molar-refractivity contribution in [2.24, 2.45) is 0 Å². The molecule has 2 atom stereocenters. The maximum absolute atomic E-state index is 13.0. The summed E-state index contributed by atoms with van der Waals surface area (Å²) in [4.78, 5) is 12.7. The van der Waals surface area contributed by atoms with Crippen molar-refractivity contribution in [2.45, 2.75) is 37.9 Å². The molecule has 0 spiro atoms. The summed E-state index contributed by atoms with van der Waals surface area (Å²) in [7, 11) is -3.72. The van der Waals surface area contributed by atoms with E-state index in [-0.39, 0.29) is 35.8 Å². The zero-order valence-corrected chi connectivity index (χ0v) is 17.5.